The summed E-state index contributed by atoms with van der Waals surface area (Å²) in [5.41, 5.74) is 9.05. The highest BCUT2D eigenvalue weighted by Crippen LogP contribution is 2.27. The number of imidazole rings is 1. The zero-order valence-electron chi connectivity index (χ0n) is 10.8. The summed E-state index contributed by atoms with van der Waals surface area (Å²) in [5, 5.41) is 0. The first kappa shape index (κ1) is 12.2. The Morgan fingerprint density at radius 1 is 1.25 bits per heavy atom. The molecule has 6 heteroatoms. The summed E-state index contributed by atoms with van der Waals surface area (Å²) in [6.07, 6.45) is 3.39. The fourth-order valence-electron chi connectivity index (χ4n) is 2.11. The molecule has 0 saturated carbocycles. The van der Waals surface area contributed by atoms with Crippen LogP contribution in [0.3, 0.4) is 0 Å². The number of carbonyl (C=O) groups is 1. The van der Waals surface area contributed by atoms with Gasteiger partial charge in [-0.15, -0.1) is 0 Å². The van der Waals surface area contributed by atoms with Gasteiger partial charge in [0, 0.05) is 12.4 Å². The van der Waals surface area contributed by atoms with Crippen LogP contribution in [0.2, 0.25) is 0 Å². The lowest BCUT2D eigenvalue weighted by molar-refractivity contribution is 0.0603. The monoisotopic (exact) mass is 268 g/mol. The Balaban J connectivity index is 2.27. The molecular weight excluding hydrogens is 256 g/mol. The molecule has 0 spiro atoms. The van der Waals surface area contributed by atoms with Gasteiger partial charge in [-0.05, 0) is 35.4 Å². The smallest absolute Gasteiger partial charge is 0.340 e. The van der Waals surface area contributed by atoms with Crippen molar-refractivity contribution in [1.82, 2.24) is 15.0 Å². The molecule has 0 atom stereocenters. The van der Waals surface area contributed by atoms with E-state index in [4.69, 9.17) is 10.5 Å². The number of nitrogens with zero attached hydrogens (tertiary/aromatic N) is 2. The van der Waals surface area contributed by atoms with Crippen LogP contribution < -0.4 is 5.73 Å². The Kier molecular flexibility index (Phi) is 2.83. The fourth-order valence-corrected chi connectivity index (χ4v) is 2.11. The van der Waals surface area contributed by atoms with E-state index in [1.54, 1.807) is 18.5 Å². The van der Waals surface area contributed by atoms with Crippen LogP contribution in [-0.2, 0) is 4.74 Å². The van der Waals surface area contributed by atoms with E-state index in [9.17, 15) is 4.79 Å². The van der Waals surface area contributed by atoms with Crippen molar-refractivity contribution in [2.75, 3.05) is 12.8 Å². The molecule has 0 amide bonds. The van der Waals surface area contributed by atoms with Crippen molar-refractivity contribution in [1.29, 1.82) is 0 Å². The van der Waals surface area contributed by atoms with E-state index in [-0.39, 0.29) is 5.95 Å². The topological polar surface area (TPSA) is 93.9 Å². The molecule has 0 fully saturated rings. The molecule has 0 radical (unpaired) electrons. The fraction of sp³-hybridized carbons (Fsp3) is 0.0714. The number of hydrogen-bond acceptors (Lipinski definition) is 5. The Labute approximate surface area is 114 Å². The number of rotatable bonds is 2. The number of nitrogens with one attached hydrogen (secondary N) is 1. The maximum absolute atomic E-state index is 11.9. The van der Waals surface area contributed by atoms with Crippen LogP contribution in [0.25, 0.3) is 22.2 Å². The van der Waals surface area contributed by atoms with Gasteiger partial charge in [-0.1, -0.05) is 0 Å². The lowest BCUT2D eigenvalue weighted by Gasteiger charge is -2.05. The van der Waals surface area contributed by atoms with E-state index in [0.717, 1.165) is 11.1 Å². The minimum absolute atomic E-state index is 0.261. The molecule has 3 N–H and O–H groups in total. The number of nitrogens with two attached hydrogens (primary N) is 1. The molecule has 0 aliphatic carbocycles. The molecule has 0 aliphatic rings. The van der Waals surface area contributed by atoms with Gasteiger partial charge in [0.1, 0.15) is 5.52 Å². The molecule has 3 aromatic rings. The molecule has 1 aromatic carbocycles. The zero-order valence-corrected chi connectivity index (χ0v) is 10.8. The molecule has 0 bridgehead atoms. The zero-order chi connectivity index (χ0) is 14.1. The quantitative estimate of drug-likeness (QED) is 0.693. The number of ether oxygens (including phenoxy) is 1. The summed E-state index contributed by atoms with van der Waals surface area (Å²) in [6.45, 7) is 0. The highest BCUT2D eigenvalue weighted by atomic mass is 16.5. The van der Waals surface area contributed by atoms with Crippen molar-refractivity contribution in [3.8, 4) is 11.1 Å². The first-order chi connectivity index (χ1) is 9.69. The maximum Gasteiger partial charge on any atom is 0.340 e. The number of pyridine rings is 1. The van der Waals surface area contributed by atoms with E-state index in [2.05, 4.69) is 15.0 Å². The number of methoxy groups -OCH3 is 1. The second kappa shape index (κ2) is 4.65. The Hall–Kier alpha value is -2.89. The van der Waals surface area contributed by atoms with Gasteiger partial charge < -0.3 is 15.5 Å². The predicted molar refractivity (Wildman–Crippen MR) is 75.1 cm³/mol. The van der Waals surface area contributed by atoms with Crippen molar-refractivity contribution >= 4 is 23.0 Å². The lowest BCUT2D eigenvalue weighted by atomic mass is 10.0. The Morgan fingerprint density at radius 3 is 2.70 bits per heavy atom. The van der Waals surface area contributed by atoms with Crippen molar-refractivity contribution in [3.63, 3.8) is 0 Å². The average Bonchev–Trinajstić information content (AvgIpc) is 2.86. The van der Waals surface area contributed by atoms with E-state index in [0.29, 0.717) is 16.6 Å². The minimum atomic E-state index is -0.447. The number of aromatic amines is 1. The average molecular weight is 268 g/mol. The van der Waals surface area contributed by atoms with Gasteiger partial charge >= 0.3 is 5.97 Å². The van der Waals surface area contributed by atoms with Gasteiger partial charge in [0.2, 0.25) is 0 Å². The minimum Gasteiger partial charge on any atom is -0.465 e. The first-order valence-electron chi connectivity index (χ1n) is 5.97. The van der Waals surface area contributed by atoms with Crippen molar-refractivity contribution < 1.29 is 9.53 Å². The number of nitrogen functional groups attached to an aromatic ring is 1. The molecule has 0 unspecified atom stereocenters. The summed E-state index contributed by atoms with van der Waals surface area (Å²) >= 11 is 0. The number of benzene rings is 1. The lowest BCUT2D eigenvalue weighted by Crippen LogP contribution is -2.02. The highest BCUT2D eigenvalue weighted by Gasteiger charge is 2.16. The van der Waals surface area contributed by atoms with Gasteiger partial charge in [0.25, 0.3) is 0 Å². The molecular formula is C14H12N4O2. The maximum atomic E-state index is 11.9. The van der Waals surface area contributed by atoms with Crippen LogP contribution >= 0.6 is 0 Å². The highest BCUT2D eigenvalue weighted by molar-refractivity contribution is 6.04. The third kappa shape index (κ3) is 1.97. The molecule has 2 heterocycles. The summed E-state index contributed by atoms with van der Waals surface area (Å²) in [5.74, 6) is -0.186. The van der Waals surface area contributed by atoms with Gasteiger partial charge in [-0.25, -0.2) is 9.78 Å². The predicted octanol–water partition coefficient (Wildman–Crippen LogP) is 1.99. The van der Waals surface area contributed by atoms with Crippen LogP contribution in [0, 0.1) is 0 Å². The second-order valence-corrected chi connectivity index (χ2v) is 4.27. The molecule has 100 valence electrons. The summed E-state index contributed by atoms with van der Waals surface area (Å²) in [7, 11) is 1.34. The number of carbonyl (C=O) groups excluding carboxylic acids is 1. The summed E-state index contributed by atoms with van der Waals surface area (Å²) < 4.78 is 4.80. The van der Waals surface area contributed by atoms with Gasteiger partial charge in [0.05, 0.1) is 18.2 Å². The molecule has 20 heavy (non-hydrogen) atoms. The molecule has 2 aromatic heterocycles. The van der Waals surface area contributed by atoms with Crippen LogP contribution in [0.1, 0.15) is 10.4 Å². The van der Waals surface area contributed by atoms with Crippen LogP contribution in [-0.4, -0.2) is 28.0 Å². The number of aromatic nitrogens is 3. The van der Waals surface area contributed by atoms with Gasteiger partial charge in [-0.2, -0.15) is 0 Å². The van der Waals surface area contributed by atoms with E-state index >= 15 is 0 Å². The van der Waals surface area contributed by atoms with E-state index in [1.807, 2.05) is 18.2 Å². The first-order valence-corrected chi connectivity index (χ1v) is 5.97. The Bertz CT molecular complexity index is 780. The normalized spacial score (nSPS) is 10.7. The molecule has 6 nitrogen and oxygen atoms in total. The van der Waals surface area contributed by atoms with E-state index < -0.39 is 5.97 Å². The molecule has 0 aliphatic heterocycles. The SMILES string of the molecule is COC(=O)c1cc(-c2ccncc2)cc2[nH]c(N)nc12. The number of H-pyrrole nitrogens is 1. The van der Waals surface area contributed by atoms with E-state index in [1.165, 1.54) is 7.11 Å². The van der Waals surface area contributed by atoms with Crippen molar-refractivity contribution in [2.45, 2.75) is 0 Å². The van der Waals surface area contributed by atoms with Crippen molar-refractivity contribution in [3.05, 3.63) is 42.2 Å². The van der Waals surface area contributed by atoms with Gasteiger partial charge in [0.15, 0.2) is 5.95 Å². The van der Waals surface area contributed by atoms with Crippen LogP contribution in [0.4, 0.5) is 5.95 Å². The molecule has 0 saturated heterocycles. The van der Waals surface area contributed by atoms with Crippen LogP contribution in [0.15, 0.2) is 36.7 Å². The van der Waals surface area contributed by atoms with Crippen molar-refractivity contribution in [2.24, 2.45) is 0 Å². The summed E-state index contributed by atoms with van der Waals surface area (Å²) in [6, 6.07) is 7.36. The third-order valence-corrected chi connectivity index (χ3v) is 3.02. The van der Waals surface area contributed by atoms with Gasteiger partial charge in [-0.3, -0.25) is 4.98 Å². The standard InChI is InChI=1S/C14H12N4O2/c1-20-13(19)10-6-9(8-2-4-16-5-3-8)7-11-12(10)18-14(15)17-11/h2-7H,1H3,(H3,15,17,18). The third-order valence-electron chi connectivity index (χ3n) is 3.02. The second-order valence-electron chi connectivity index (χ2n) is 4.27. The number of anilines is 1. The summed E-state index contributed by atoms with van der Waals surface area (Å²) in [4.78, 5) is 22.9. The molecule has 3 rings (SSSR count). The number of esters is 1. The Morgan fingerprint density at radius 2 is 2.00 bits per heavy atom. The number of fused-ring (bicyclic) bond motifs is 1. The number of hydrogen-bond donors (Lipinski definition) is 2. The van der Waals surface area contributed by atoms with Crippen LogP contribution in [0.5, 0.6) is 0 Å². The largest absolute Gasteiger partial charge is 0.465 e.